The fraction of sp³-hybridized carbons (Fsp3) is 0.594. The van der Waals surface area contributed by atoms with E-state index in [-0.39, 0.29) is 60.2 Å². The number of hydrogen-bond acceptors (Lipinski definition) is 6. The third-order valence-corrected chi connectivity index (χ3v) is 8.81. The Labute approximate surface area is 261 Å². The number of hydrogen-bond donors (Lipinski definition) is 1. The highest BCUT2D eigenvalue weighted by atomic mass is 19.2. The van der Waals surface area contributed by atoms with Crippen molar-refractivity contribution >= 4 is 41.0 Å². The second-order valence-corrected chi connectivity index (χ2v) is 13.0. The molecule has 2 aliphatic rings. The molecule has 11 nitrogen and oxygen atoms in total. The Bertz CT molecular complexity index is 1470. The first kappa shape index (κ1) is 33.9. The monoisotopic (exact) mass is 631 g/mol. The molecule has 1 saturated heterocycles. The van der Waals surface area contributed by atoms with Gasteiger partial charge in [-0.15, -0.1) is 0 Å². The van der Waals surface area contributed by atoms with Crippen LogP contribution < -0.4 is 5.32 Å². The number of nitrogens with zero attached hydrogens (tertiary/aromatic N) is 4. The zero-order chi connectivity index (χ0) is 33.2. The van der Waals surface area contributed by atoms with Gasteiger partial charge in [0.2, 0.25) is 11.8 Å². The molecule has 1 aromatic carbocycles. The molecule has 2 heterocycles. The average Bonchev–Trinajstić information content (AvgIpc) is 3.27. The normalized spacial score (nSPS) is 17.5. The van der Waals surface area contributed by atoms with E-state index < -0.39 is 47.2 Å². The zero-order valence-electron chi connectivity index (χ0n) is 26.8. The summed E-state index contributed by atoms with van der Waals surface area (Å²) in [4.78, 5) is 69.7. The molecule has 1 saturated carbocycles. The smallest absolute Gasteiger partial charge is 0.410 e. The van der Waals surface area contributed by atoms with E-state index in [2.05, 4.69) is 5.32 Å². The van der Waals surface area contributed by atoms with Gasteiger partial charge in [0.1, 0.15) is 23.4 Å². The predicted octanol–water partition coefficient (Wildman–Crippen LogP) is 3.87. The van der Waals surface area contributed by atoms with Crippen LogP contribution in [0.3, 0.4) is 0 Å². The quantitative estimate of drug-likeness (QED) is 0.464. The Kier molecular flexibility index (Phi) is 10.2. The fourth-order valence-corrected chi connectivity index (χ4v) is 6.10. The van der Waals surface area contributed by atoms with Crippen LogP contribution in [-0.2, 0) is 21.4 Å². The summed E-state index contributed by atoms with van der Waals surface area (Å²) in [6.45, 7) is 7.50. The number of carbonyl (C=O) groups excluding carboxylic acids is 5. The first-order valence-electron chi connectivity index (χ1n) is 15.4. The standard InChI is InChI=1S/C32H43F2N5O6/c1-19(36(5)31(44)45-32(2,3)4)28(41)35-26(20-10-8-7-9-11-20)29(42)38-12-14-39(15-13-38)30(43)27-22(18-40)21-16-23(33)24(34)17-25(21)37(27)6/h16-20,26H,7-15H2,1-6H3,(H,35,41)/t19-,26-/m0/s1. The number of likely N-dealkylation sites (N-methyl/N-ethyl adjacent to an activating group) is 1. The number of amides is 4. The van der Waals surface area contributed by atoms with Crippen LogP contribution in [0.5, 0.6) is 0 Å². The van der Waals surface area contributed by atoms with Crippen molar-refractivity contribution in [1.29, 1.82) is 0 Å². The molecule has 2 fully saturated rings. The molecular weight excluding hydrogens is 588 g/mol. The van der Waals surface area contributed by atoms with E-state index in [1.807, 2.05) is 0 Å². The van der Waals surface area contributed by atoms with Crippen LogP contribution in [0.2, 0.25) is 0 Å². The minimum atomic E-state index is -1.12. The first-order chi connectivity index (χ1) is 21.1. The van der Waals surface area contributed by atoms with Gasteiger partial charge in [-0.2, -0.15) is 0 Å². The van der Waals surface area contributed by atoms with Crippen molar-refractivity contribution in [2.24, 2.45) is 13.0 Å². The molecule has 0 spiro atoms. The van der Waals surface area contributed by atoms with Crippen molar-refractivity contribution in [2.75, 3.05) is 33.2 Å². The molecule has 0 bridgehead atoms. The summed E-state index contributed by atoms with van der Waals surface area (Å²) in [7, 11) is 2.99. The SMILES string of the molecule is C[C@@H](C(=O)N[C@H](C(=O)N1CCN(C(=O)c2c(C=O)c3cc(F)c(F)cc3n2C)CC1)C1CCCCC1)N(C)C(=O)OC(C)(C)C. The predicted molar refractivity (Wildman–Crippen MR) is 163 cm³/mol. The molecule has 1 N–H and O–H groups in total. The number of ether oxygens (including phenoxy) is 1. The van der Waals surface area contributed by atoms with Crippen LogP contribution >= 0.6 is 0 Å². The maximum Gasteiger partial charge on any atom is 0.410 e. The summed E-state index contributed by atoms with van der Waals surface area (Å²) < 4.78 is 34.7. The van der Waals surface area contributed by atoms with E-state index in [9.17, 15) is 32.8 Å². The van der Waals surface area contributed by atoms with E-state index in [1.54, 1.807) is 32.6 Å². The minimum Gasteiger partial charge on any atom is -0.444 e. The second-order valence-electron chi connectivity index (χ2n) is 13.0. The van der Waals surface area contributed by atoms with Gasteiger partial charge in [0.05, 0.1) is 11.1 Å². The van der Waals surface area contributed by atoms with E-state index in [0.29, 0.717) is 6.29 Å². The van der Waals surface area contributed by atoms with Gasteiger partial charge in [0.25, 0.3) is 5.91 Å². The van der Waals surface area contributed by atoms with Gasteiger partial charge in [-0.1, -0.05) is 19.3 Å². The van der Waals surface area contributed by atoms with Crippen LogP contribution in [0.15, 0.2) is 12.1 Å². The molecule has 4 rings (SSSR count). The van der Waals surface area contributed by atoms with Gasteiger partial charge in [-0.3, -0.25) is 24.1 Å². The molecule has 45 heavy (non-hydrogen) atoms. The molecule has 2 aromatic rings. The van der Waals surface area contributed by atoms with Crippen LogP contribution in [0.4, 0.5) is 13.6 Å². The van der Waals surface area contributed by atoms with Gasteiger partial charge < -0.3 is 24.4 Å². The van der Waals surface area contributed by atoms with Crippen molar-refractivity contribution in [3.63, 3.8) is 0 Å². The molecule has 4 amide bonds. The van der Waals surface area contributed by atoms with E-state index in [0.717, 1.165) is 44.2 Å². The number of fused-ring (bicyclic) bond motifs is 1. The number of aromatic nitrogens is 1. The molecule has 13 heteroatoms. The highest BCUT2D eigenvalue weighted by molar-refractivity contribution is 6.10. The molecule has 1 aliphatic carbocycles. The van der Waals surface area contributed by atoms with Gasteiger partial charge in [-0.25, -0.2) is 13.6 Å². The van der Waals surface area contributed by atoms with Gasteiger partial charge in [0.15, 0.2) is 17.9 Å². The Balaban J connectivity index is 1.47. The lowest BCUT2D eigenvalue weighted by molar-refractivity contribution is -0.140. The molecule has 0 unspecified atom stereocenters. The van der Waals surface area contributed by atoms with E-state index in [4.69, 9.17) is 4.74 Å². The lowest BCUT2D eigenvalue weighted by Gasteiger charge is -2.39. The van der Waals surface area contributed by atoms with Crippen molar-refractivity contribution < 1.29 is 37.5 Å². The molecule has 246 valence electrons. The summed E-state index contributed by atoms with van der Waals surface area (Å²) in [5.41, 5.74) is -0.532. The number of carbonyl (C=O) groups is 5. The van der Waals surface area contributed by atoms with Crippen LogP contribution in [-0.4, -0.2) is 100 Å². The molecule has 0 radical (unpaired) electrons. The maximum absolute atomic E-state index is 14.0. The molecular formula is C32H43F2N5O6. The number of benzene rings is 1. The van der Waals surface area contributed by atoms with E-state index in [1.165, 1.54) is 28.5 Å². The van der Waals surface area contributed by atoms with Crippen LogP contribution in [0.1, 0.15) is 80.6 Å². The summed E-state index contributed by atoms with van der Waals surface area (Å²) in [6, 6.07) is 0.187. The average molecular weight is 632 g/mol. The summed E-state index contributed by atoms with van der Waals surface area (Å²) in [5.74, 6) is -3.48. The Hall–Kier alpha value is -4.03. The van der Waals surface area contributed by atoms with Crippen LogP contribution in [0.25, 0.3) is 10.9 Å². The van der Waals surface area contributed by atoms with E-state index >= 15 is 0 Å². The summed E-state index contributed by atoms with van der Waals surface area (Å²) in [5, 5.41) is 3.06. The number of nitrogens with one attached hydrogen (secondary N) is 1. The number of aldehydes is 1. The van der Waals surface area contributed by atoms with Crippen LogP contribution in [0, 0.1) is 17.6 Å². The number of halogens is 2. The van der Waals surface area contributed by atoms with Crippen molar-refractivity contribution in [2.45, 2.75) is 77.5 Å². The molecule has 1 aliphatic heterocycles. The Morgan fingerprint density at radius 1 is 1.00 bits per heavy atom. The Morgan fingerprint density at radius 2 is 1.58 bits per heavy atom. The summed E-state index contributed by atoms with van der Waals surface area (Å²) >= 11 is 0. The van der Waals surface area contributed by atoms with Crippen molar-refractivity contribution in [1.82, 2.24) is 24.6 Å². The van der Waals surface area contributed by atoms with Crippen molar-refractivity contribution in [3.8, 4) is 0 Å². The lowest BCUT2D eigenvalue weighted by Crippen LogP contribution is -2.60. The second kappa shape index (κ2) is 13.5. The van der Waals surface area contributed by atoms with Gasteiger partial charge in [-0.05, 0) is 52.5 Å². The zero-order valence-corrected chi connectivity index (χ0v) is 26.8. The lowest BCUT2D eigenvalue weighted by atomic mass is 9.83. The topological polar surface area (TPSA) is 121 Å². The fourth-order valence-electron chi connectivity index (χ4n) is 6.10. The maximum atomic E-state index is 14.0. The van der Waals surface area contributed by atoms with Crippen molar-refractivity contribution in [3.05, 3.63) is 35.0 Å². The summed E-state index contributed by atoms with van der Waals surface area (Å²) in [6.07, 6.45) is 4.32. The molecule has 1 aromatic heterocycles. The highest BCUT2D eigenvalue weighted by Gasteiger charge is 2.38. The Morgan fingerprint density at radius 3 is 2.16 bits per heavy atom. The minimum absolute atomic E-state index is 0.0141. The highest BCUT2D eigenvalue weighted by Crippen LogP contribution is 2.30. The number of rotatable bonds is 7. The largest absolute Gasteiger partial charge is 0.444 e. The third-order valence-electron chi connectivity index (χ3n) is 8.81. The first-order valence-corrected chi connectivity index (χ1v) is 15.4. The van der Waals surface area contributed by atoms with Gasteiger partial charge in [0, 0.05) is 51.7 Å². The number of piperazine rings is 1. The number of aryl methyl sites for hydroxylation is 1. The van der Waals surface area contributed by atoms with Gasteiger partial charge >= 0.3 is 6.09 Å². The third kappa shape index (κ3) is 7.28. The molecule has 2 atom stereocenters.